The molecule has 0 aliphatic rings. The van der Waals surface area contributed by atoms with E-state index < -0.39 is 23.7 Å². The summed E-state index contributed by atoms with van der Waals surface area (Å²) in [7, 11) is 0. The van der Waals surface area contributed by atoms with Gasteiger partial charge in [-0.25, -0.2) is 9.82 Å². The normalized spacial score (nSPS) is 12.0. The average molecular weight is 413 g/mol. The molecule has 0 fully saturated rings. The van der Waals surface area contributed by atoms with Gasteiger partial charge in [-0.15, -0.1) is 0 Å². The molecular weight excluding hydrogens is 385 g/mol. The third-order valence-electron chi connectivity index (χ3n) is 4.41. The van der Waals surface area contributed by atoms with E-state index in [0.717, 1.165) is 18.4 Å². The first-order valence-electron chi connectivity index (χ1n) is 10.0. The molecule has 0 saturated heterocycles. The van der Waals surface area contributed by atoms with Gasteiger partial charge in [-0.1, -0.05) is 51.5 Å². The van der Waals surface area contributed by atoms with E-state index in [-0.39, 0.29) is 11.5 Å². The molecule has 2 rings (SSSR count). The van der Waals surface area contributed by atoms with Crippen molar-refractivity contribution in [3.63, 3.8) is 0 Å². The van der Waals surface area contributed by atoms with Gasteiger partial charge >= 0.3 is 0 Å². The van der Waals surface area contributed by atoms with Gasteiger partial charge < -0.3 is 10.1 Å². The van der Waals surface area contributed by atoms with Crippen LogP contribution in [-0.4, -0.2) is 30.7 Å². The number of unbranched alkanes of at least 4 members (excludes halogenated alkanes) is 1. The molecule has 0 saturated carbocycles. The number of carbonyl (C=O) groups is 2. The SMILES string of the molecule is CCCCOc1ccccc1/C=N/NC(=O)C(NC(=O)c1ccccc1F)C(C)C. The lowest BCUT2D eigenvalue weighted by atomic mass is 10.0. The second-order valence-corrected chi connectivity index (χ2v) is 7.15. The highest BCUT2D eigenvalue weighted by Crippen LogP contribution is 2.16. The Labute approximate surface area is 176 Å². The molecule has 2 amide bonds. The average Bonchev–Trinajstić information content (AvgIpc) is 2.73. The molecule has 0 aliphatic heterocycles. The van der Waals surface area contributed by atoms with E-state index in [4.69, 9.17) is 4.74 Å². The maximum atomic E-state index is 13.8. The molecule has 0 aromatic heterocycles. The van der Waals surface area contributed by atoms with Crippen LogP contribution in [0.2, 0.25) is 0 Å². The minimum Gasteiger partial charge on any atom is -0.493 e. The van der Waals surface area contributed by atoms with Gasteiger partial charge in [-0.2, -0.15) is 5.10 Å². The number of para-hydroxylation sites is 1. The van der Waals surface area contributed by atoms with Gasteiger partial charge in [-0.05, 0) is 36.6 Å². The second kappa shape index (κ2) is 11.7. The zero-order valence-electron chi connectivity index (χ0n) is 17.5. The van der Waals surface area contributed by atoms with E-state index in [9.17, 15) is 14.0 Å². The molecule has 6 nitrogen and oxygen atoms in total. The summed E-state index contributed by atoms with van der Waals surface area (Å²) in [5.74, 6) is -1.33. The number of amides is 2. The predicted molar refractivity (Wildman–Crippen MR) is 115 cm³/mol. The lowest BCUT2D eigenvalue weighted by Crippen LogP contribution is -2.48. The van der Waals surface area contributed by atoms with Gasteiger partial charge in [0.1, 0.15) is 17.6 Å². The summed E-state index contributed by atoms with van der Waals surface area (Å²) in [5, 5.41) is 6.58. The number of hydrazone groups is 1. The summed E-state index contributed by atoms with van der Waals surface area (Å²) in [6.07, 6.45) is 3.47. The quantitative estimate of drug-likeness (QED) is 0.352. The minimum absolute atomic E-state index is 0.113. The van der Waals surface area contributed by atoms with Gasteiger partial charge in [0.2, 0.25) is 0 Å². The molecule has 30 heavy (non-hydrogen) atoms. The van der Waals surface area contributed by atoms with Crippen LogP contribution in [-0.2, 0) is 4.79 Å². The minimum atomic E-state index is -0.870. The van der Waals surface area contributed by atoms with Crippen molar-refractivity contribution in [3.8, 4) is 5.75 Å². The first kappa shape index (κ1) is 23.1. The largest absolute Gasteiger partial charge is 0.493 e. The molecule has 2 aromatic rings. The predicted octanol–water partition coefficient (Wildman–Crippen LogP) is 3.91. The Morgan fingerprint density at radius 2 is 1.83 bits per heavy atom. The maximum absolute atomic E-state index is 13.8. The van der Waals surface area contributed by atoms with Crippen LogP contribution in [0, 0.1) is 11.7 Å². The number of benzene rings is 2. The van der Waals surface area contributed by atoms with Crippen LogP contribution in [0.15, 0.2) is 53.6 Å². The highest BCUT2D eigenvalue weighted by atomic mass is 19.1. The Morgan fingerprint density at radius 3 is 2.53 bits per heavy atom. The lowest BCUT2D eigenvalue weighted by molar-refractivity contribution is -0.123. The molecule has 1 unspecified atom stereocenters. The number of carbonyl (C=O) groups excluding carboxylic acids is 2. The molecule has 1 atom stereocenters. The monoisotopic (exact) mass is 413 g/mol. The Kier molecular flexibility index (Phi) is 9.00. The van der Waals surface area contributed by atoms with Gasteiger partial charge in [0, 0.05) is 5.56 Å². The number of nitrogens with zero attached hydrogens (tertiary/aromatic N) is 1. The number of rotatable bonds is 10. The molecule has 2 N–H and O–H groups in total. The van der Waals surface area contributed by atoms with Crippen LogP contribution in [0.1, 0.15) is 49.5 Å². The number of hydrogen-bond donors (Lipinski definition) is 2. The van der Waals surface area contributed by atoms with Crippen molar-refractivity contribution in [2.75, 3.05) is 6.61 Å². The Morgan fingerprint density at radius 1 is 1.13 bits per heavy atom. The zero-order chi connectivity index (χ0) is 21.9. The summed E-state index contributed by atoms with van der Waals surface area (Å²) in [6.45, 7) is 6.26. The van der Waals surface area contributed by atoms with Crippen LogP contribution in [0.25, 0.3) is 0 Å². The van der Waals surface area contributed by atoms with E-state index in [1.165, 1.54) is 24.4 Å². The van der Waals surface area contributed by atoms with Gasteiger partial charge in [0.05, 0.1) is 18.4 Å². The topological polar surface area (TPSA) is 79.8 Å². The highest BCUT2D eigenvalue weighted by molar-refractivity contribution is 5.98. The molecule has 0 radical (unpaired) electrons. The smallest absolute Gasteiger partial charge is 0.262 e. The van der Waals surface area contributed by atoms with Gasteiger partial charge in [0.15, 0.2) is 0 Å². The number of hydrogen-bond acceptors (Lipinski definition) is 4. The van der Waals surface area contributed by atoms with Crippen LogP contribution in [0.4, 0.5) is 4.39 Å². The first-order valence-corrected chi connectivity index (χ1v) is 10.0. The van der Waals surface area contributed by atoms with Crippen molar-refractivity contribution in [2.24, 2.45) is 11.0 Å². The summed E-state index contributed by atoms with van der Waals surface area (Å²) in [4.78, 5) is 24.9. The maximum Gasteiger partial charge on any atom is 0.262 e. The van der Waals surface area contributed by atoms with Crippen molar-refractivity contribution in [2.45, 2.75) is 39.7 Å². The summed E-state index contributed by atoms with van der Waals surface area (Å²) in [5.41, 5.74) is 3.06. The molecule has 0 spiro atoms. The van der Waals surface area contributed by atoms with Gasteiger partial charge in [-0.3, -0.25) is 9.59 Å². The second-order valence-electron chi connectivity index (χ2n) is 7.15. The molecule has 0 heterocycles. The first-order chi connectivity index (χ1) is 14.4. The van der Waals surface area contributed by atoms with Crippen molar-refractivity contribution in [1.82, 2.24) is 10.7 Å². The fourth-order valence-corrected chi connectivity index (χ4v) is 2.68. The Hall–Kier alpha value is -3.22. The van der Waals surface area contributed by atoms with Crippen LogP contribution >= 0.6 is 0 Å². The Bertz CT molecular complexity index is 884. The number of ether oxygens (including phenoxy) is 1. The third-order valence-corrected chi connectivity index (χ3v) is 4.41. The molecule has 0 bridgehead atoms. The van der Waals surface area contributed by atoms with Crippen LogP contribution in [0.3, 0.4) is 0 Å². The number of halogens is 1. The van der Waals surface area contributed by atoms with Crippen molar-refractivity contribution < 1.29 is 18.7 Å². The van der Waals surface area contributed by atoms with Crippen molar-refractivity contribution >= 4 is 18.0 Å². The molecule has 160 valence electrons. The zero-order valence-corrected chi connectivity index (χ0v) is 17.5. The van der Waals surface area contributed by atoms with E-state index in [2.05, 4.69) is 22.8 Å². The van der Waals surface area contributed by atoms with E-state index in [1.807, 2.05) is 24.3 Å². The molecule has 7 heteroatoms. The summed E-state index contributed by atoms with van der Waals surface area (Å²) in [6, 6.07) is 12.1. The van der Waals surface area contributed by atoms with Crippen LogP contribution < -0.4 is 15.5 Å². The molecule has 2 aromatic carbocycles. The standard InChI is InChI=1S/C23H28FN3O3/c1-4-5-14-30-20-13-9-6-10-17(20)15-25-27-23(29)21(16(2)3)26-22(28)18-11-7-8-12-19(18)24/h6-13,15-16,21H,4-5,14H2,1-3H3,(H,26,28)(H,27,29)/b25-15+. The van der Waals surface area contributed by atoms with Gasteiger partial charge in [0.25, 0.3) is 11.8 Å². The van der Waals surface area contributed by atoms with Crippen LogP contribution in [0.5, 0.6) is 5.75 Å². The summed E-state index contributed by atoms with van der Waals surface area (Å²) >= 11 is 0. The van der Waals surface area contributed by atoms with E-state index >= 15 is 0 Å². The third kappa shape index (κ3) is 6.69. The van der Waals surface area contributed by atoms with Crippen molar-refractivity contribution in [3.05, 3.63) is 65.5 Å². The number of nitrogens with one attached hydrogen (secondary N) is 2. The fourth-order valence-electron chi connectivity index (χ4n) is 2.68. The molecule has 0 aliphatic carbocycles. The Balaban J connectivity index is 2.02. The van der Waals surface area contributed by atoms with Crippen molar-refractivity contribution in [1.29, 1.82) is 0 Å². The fraction of sp³-hybridized carbons (Fsp3) is 0.348. The lowest BCUT2D eigenvalue weighted by Gasteiger charge is -2.20. The molecular formula is C23H28FN3O3. The van der Waals surface area contributed by atoms with E-state index in [1.54, 1.807) is 19.9 Å². The highest BCUT2D eigenvalue weighted by Gasteiger charge is 2.25. The van der Waals surface area contributed by atoms with E-state index in [0.29, 0.717) is 12.4 Å². The summed E-state index contributed by atoms with van der Waals surface area (Å²) < 4.78 is 19.6.